The zero-order valence-corrected chi connectivity index (χ0v) is 21.3. The number of anilines is 2. The van der Waals surface area contributed by atoms with Gasteiger partial charge >= 0.3 is 0 Å². The van der Waals surface area contributed by atoms with Crippen LogP contribution in [-0.2, 0) is 10.2 Å². The van der Waals surface area contributed by atoms with Gasteiger partial charge in [0.05, 0.1) is 0 Å². The van der Waals surface area contributed by atoms with Crippen LogP contribution in [0.4, 0.5) is 11.5 Å². The first-order chi connectivity index (χ1) is 15.8. The van der Waals surface area contributed by atoms with Crippen LogP contribution >= 0.6 is 23.6 Å². The zero-order valence-electron chi connectivity index (χ0n) is 19.7. The second kappa shape index (κ2) is 11.4. The van der Waals surface area contributed by atoms with E-state index in [4.69, 9.17) is 26.4 Å². The Labute approximate surface area is 205 Å². The van der Waals surface area contributed by atoms with Crippen molar-refractivity contribution in [1.29, 1.82) is 0 Å². The van der Waals surface area contributed by atoms with E-state index in [0.717, 1.165) is 5.69 Å². The van der Waals surface area contributed by atoms with Gasteiger partial charge < -0.3 is 19.5 Å². The van der Waals surface area contributed by atoms with Gasteiger partial charge in [-0.1, -0.05) is 39.0 Å². The fourth-order valence-electron chi connectivity index (χ4n) is 2.94. The van der Waals surface area contributed by atoms with Gasteiger partial charge in [0.1, 0.15) is 24.3 Å². The molecule has 0 amide bonds. The lowest BCUT2D eigenvalue weighted by molar-refractivity contribution is 0.0657. The van der Waals surface area contributed by atoms with Gasteiger partial charge in [-0.2, -0.15) is 16.3 Å². The van der Waals surface area contributed by atoms with Crippen molar-refractivity contribution in [3.8, 4) is 11.6 Å². The lowest BCUT2D eigenvalue weighted by atomic mass is 9.87. The highest BCUT2D eigenvalue weighted by Gasteiger charge is 2.16. The first kappa shape index (κ1) is 25.0. The molecule has 0 fully saturated rings. The summed E-state index contributed by atoms with van der Waals surface area (Å²) in [5.41, 5.74) is 2.40. The van der Waals surface area contributed by atoms with E-state index in [9.17, 15) is 0 Å². The average Bonchev–Trinajstić information content (AvgIpc) is 3.32. The lowest BCUT2D eigenvalue weighted by Crippen LogP contribution is -2.30. The third-order valence-electron chi connectivity index (χ3n) is 5.06. The van der Waals surface area contributed by atoms with Gasteiger partial charge in [-0.15, -0.1) is 0 Å². The van der Waals surface area contributed by atoms with Gasteiger partial charge in [-0.25, -0.2) is 0 Å². The predicted octanol–water partition coefficient (Wildman–Crippen LogP) is 5.75. The summed E-state index contributed by atoms with van der Waals surface area (Å²) < 4.78 is 17.3. The number of nitrogens with one attached hydrogen (secondary N) is 1. The van der Waals surface area contributed by atoms with Crippen molar-refractivity contribution in [3.63, 3.8) is 0 Å². The summed E-state index contributed by atoms with van der Waals surface area (Å²) in [5.74, 6) is 1.82. The molecule has 33 heavy (non-hydrogen) atoms. The molecule has 176 valence electrons. The van der Waals surface area contributed by atoms with E-state index in [0.29, 0.717) is 35.8 Å². The number of nitrogens with zero attached hydrogens (tertiary/aromatic N) is 2. The number of thiophene rings is 1. The fourth-order valence-corrected chi connectivity index (χ4v) is 3.74. The minimum absolute atomic E-state index is 0.0853. The molecule has 0 bridgehead atoms. The SMILES string of the molecule is COC(CNc1ccsc1)COc1cccc(N(C)C(=S)Oc2ccc(C(C)(C)C)cc2)n1. The Kier molecular flexibility index (Phi) is 8.66. The third kappa shape index (κ3) is 7.42. The van der Waals surface area contributed by atoms with E-state index in [1.165, 1.54) is 5.56 Å². The van der Waals surface area contributed by atoms with Gasteiger partial charge in [0.2, 0.25) is 5.88 Å². The quantitative estimate of drug-likeness (QED) is 0.388. The topological polar surface area (TPSA) is 55.8 Å². The minimum atomic E-state index is -0.117. The molecule has 1 aromatic carbocycles. The molecular weight excluding hydrogens is 454 g/mol. The van der Waals surface area contributed by atoms with Crippen LogP contribution < -0.4 is 19.7 Å². The summed E-state index contributed by atoms with van der Waals surface area (Å²) in [6, 6.07) is 15.6. The third-order valence-corrected chi connectivity index (χ3v) is 6.10. The number of methoxy groups -OCH3 is 1. The molecule has 3 aromatic rings. The van der Waals surface area contributed by atoms with Gasteiger partial charge in [0, 0.05) is 37.8 Å². The second-order valence-electron chi connectivity index (χ2n) is 8.60. The predicted molar refractivity (Wildman–Crippen MR) is 140 cm³/mol. The summed E-state index contributed by atoms with van der Waals surface area (Å²) >= 11 is 7.13. The van der Waals surface area contributed by atoms with Crippen LogP contribution in [0, 0.1) is 0 Å². The number of hydrogen-bond donors (Lipinski definition) is 1. The number of pyridine rings is 1. The molecule has 0 saturated carbocycles. The van der Waals surface area contributed by atoms with Crippen LogP contribution in [0.3, 0.4) is 0 Å². The van der Waals surface area contributed by atoms with Crippen LogP contribution in [0.15, 0.2) is 59.3 Å². The number of aromatic nitrogens is 1. The van der Waals surface area contributed by atoms with Crippen molar-refractivity contribution in [2.75, 3.05) is 37.5 Å². The highest BCUT2D eigenvalue weighted by molar-refractivity contribution is 7.80. The molecule has 0 radical (unpaired) electrons. The molecule has 1 N–H and O–H groups in total. The molecule has 8 heteroatoms. The second-order valence-corrected chi connectivity index (χ2v) is 9.73. The normalized spacial score (nSPS) is 12.2. The molecule has 0 aliphatic carbocycles. The van der Waals surface area contributed by atoms with E-state index in [2.05, 4.69) is 48.6 Å². The first-order valence-electron chi connectivity index (χ1n) is 10.7. The molecule has 2 heterocycles. The summed E-state index contributed by atoms with van der Waals surface area (Å²) in [5, 5.41) is 7.72. The molecule has 0 aliphatic rings. The monoisotopic (exact) mass is 485 g/mol. The van der Waals surface area contributed by atoms with Crippen molar-refractivity contribution in [2.45, 2.75) is 32.3 Å². The van der Waals surface area contributed by atoms with Crippen molar-refractivity contribution >= 4 is 40.2 Å². The number of hydrogen-bond acceptors (Lipinski definition) is 7. The maximum absolute atomic E-state index is 5.88. The van der Waals surface area contributed by atoms with Gasteiger partial charge in [0.25, 0.3) is 5.17 Å². The average molecular weight is 486 g/mol. The fraction of sp³-hybridized carbons (Fsp3) is 0.360. The number of ether oxygens (including phenoxy) is 3. The Balaban J connectivity index is 1.55. The smallest absolute Gasteiger partial charge is 0.270 e. The van der Waals surface area contributed by atoms with Crippen molar-refractivity contribution in [1.82, 2.24) is 4.98 Å². The van der Waals surface area contributed by atoms with Gasteiger partial charge in [-0.3, -0.25) is 4.90 Å². The summed E-state index contributed by atoms with van der Waals surface area (Å²) in [4.78, 5) is 6.27. The van der Waals surface area contributed by atoms with E-state index < -0.39 is 0 Å². The van der Waals surface area contributed by atoms with E-state index in [-0.39, 0.29) is 11.5 Å². The van der Waals surface area contributed by atoms with Gasteiger partial charge in [0.15, 0.2) is 0 Å². The van der Waals surface area contributed by atoms with E-state index in [1.807, 2.05) is 48.8 Å². The number of benzene rings is 1. The highest BCUT2D eigenvalue weighted by atomic mass is 32.1. The van der Waals surface area contributed by atoms with Crippen molar-refractivity contribution in [2.24, 2.45) is 0 Å². The van der Waals surface area contributed by atoms with E-state index >= 15 is 0 Å². The molecule has 1 atom stereocenters. The first-order valence-corrected chi connectivity index (χ1v) is 12.1. The number of rotatable bonds is 9. The minimum Gasteiger partial charge on any atom is -0.475 e. The molecule has 0 spiro atoms. The van der Waals surface area contributed by atoms with Crippen LogP contribution in [-0.4, -0.2) is 43.6 Å². The van der Waals surface area contributed by atoms with Gasteiger partial charge in [-0.05, 0) is 52.8 Å². The Morgan fingerprint density at radius 3 is 2.55 bits per heavy atom. The molecule has 0 aliphatic heterocycles. The molecule has 0 saturated heterocycles. The lowest BCUT2D eigenvalue weighted by Gasteiger charge is -2.21. The highest BCUT2D eigenvalue weighted by Crippen LogP contribution is 2.25. The molecule has 3 rings (SSSR count). The van der Waals surface area contributed by atoms with Crippen LogP contribution in [0.2, 0.25) is 0 Å². The molecular formula is C25H31N3O3S2. The maximum atomic E-state index is 5.88. The van der Waals surface area contributed by atoms with Crippen LogP contribution in [0.5, 0.6) is 11.6 Å². The van der Waals surface area contributed by atoms with Crippen LogP contribution in [0.1, 0.15) is 26.3 Å². The maximum Gasteiger partial charge on any atom is 0.270 e. The largest absolute Gasteiger partial charge is 0.475 e. The molecule has 6 nitrogen and oxygen atoms in total. The Bertz CT molecular complexity index is 1020. The van der Waals surface area contributed by atoms with Crippen molar-refractivity contribution < 1.29 is 14.2 Å². The Morgan fingerprint density at radius 1 is 1.15 bits per heavy atom. The summed E-state index contributed by atoms with van der Waals surface area (Å²) in [6.45, 7) is 7.54. The zero-order chi connectivity index (χ0) is 23.8. The summed E-state index contributed by atoms with van der Waals surface area (Å²) in [6.07, 6.45) is -0.117. The summed E-state index contributed by atoms with van der Waals surface area (Å²) in [7, 11) is 3.49. The standard InChI is InChI=1S/C25H31N3O3S2/c1-25(2,3)18-9-11-20(12-10-18)31-24(32)28(4)22-7-6-8-23(27-22)30-16-21(29-5)15-26-19-13-14-33-17-19/h6-14,17,21,26H,15-16H2,1-5H3. The molecule has 2 aromatic heterocycles. The Hall–Kier alpha value is -2.68. The van der Waals surface area contributed by atoms with E-state index in [1.54, 1.807) is 23.3 Å². The number of thiocarbonyl (C=S) groups is 1. The van der Waals surface area contributed by atoms with Crippen molar-refractivity contribution in [3.05, 3.63) is 64.9 Å². The Morgan fingerprint density at radius 2 is 1.91 bits per heavy atom. The molecule has 1 unspecified atom stereocenters. The van der Waals surface area contributed by atoms with Crippen LogP contribution in [0.25, 0.3) is 0 Å².